The van der Waals surface area contributed by atoms with Gasteiger partial charge in [-0.3, -0.25) is 4.79 Å². The van der Waals surface area contributed by atoms with Crippen LogP contribution in [0.4, 0.5) is 0 Å². The first-order valence-corrected chi connectivity index (χ1v) is 13.2. The molecule has 196 valence electrons. The van der Waals surface area contributed by atoms with Crippen LogP contribution in [0, 0.1) is 0 Å². The third kappa shape index (κ3) is 7.84. The highest BCUT2D eigenvalue weighted by atomic mass is 35.5. The second-order valence-electron chi connectivity index (χ2n) is 8.14. The van der Waals surface area contributed by atoms with Crippen molar-refractivity contribution in [3.8, 4) is 0 Å². The zero-order valence-corrected chi connectivity index (χ0v) is 24.4. The second-order valence-corrected chi connectivity index (χ2v) is 10.7. The monoisotopic (exact) mass is 638 g/mol. The Morgan fingerprint density at radius 1 is 0.838 bits per heavy atom. The molecule has 0 radical (unpaired) electrons. The van der Waals surface area contributed by atoms with Crippen molar-refractivity contribution < 1.29 is 9.53 Å². The largest absolute Gasteiger partial charge is 0.365 e. The molecule has 0 aliphatic carbocycles. The van der Waals surface area contributed by atoms with Gasteiger partial charge in [0.15, 0.2) is 5.78 Å². The van der Waals surface area contributed by atoms with Gasteiger partial charge in [-0.15, -0.1) is 12.4 Å². The SMILES string of the molecule is Cl.O=C(CN1C=CN(C(Cl)C(OCc2ccc(Cl)cc2Cl)c2ccc(Cl)cc2)C1)c1ccc(Cl)cc1Cl. The van der Waals surface area contributed by atoms with Crippen LogP contribution in [0.2, 0.25) is 25.1 Å². The minimum Gasteiger partial charge on any atom is -0.365 e. The molecule has 0 N–H and O–H groups in total. The van der Waals surface area contributed by atoms with Crippen LogP contribution < -0.4 is 0 Å². The van der Waals surface area contributed by atoms with Crippen molar-refractivity contribution >= 4 is 87.8 Å². The Morgan fingerprint density at radius 2 is 1.46 bits per heavy atom. The van der Waals surface area contributed by atoms with E-state index >= 15 is 0 Å². The van der Waals surface area contributed by atoms with E-state index in [1.807, 2.05) is 40.4 Å². The van der Waals surface area contributed by atoms with Gasteiger partial charge in [0.05, 0.1) is 24.8 Å². The summed E-state index contributed by atoms with van der Waals surface area (Å²) in [7, 11) is 0. The molecule has 1 aliphatic heterocycles. The number of hydrogen-bond donors (Lipinski definition) is 0. The zero-order chi connectivity index (χ0) is 25.8. The van der Waals surface area contributed by atoms with Crippen molar-refractivity contribution in [2.24, 2.45) is 0 Å². The molecule has 1 aliphatic rings. The maximum Gasteiger partial charge on any atom is 0.183 e. The van der Waals surface area contributed by atoms with Gasteiger partial charge in [-0.2, -0.15) is 0 Å². The lowest BCUT2D eigenvalue weighted by Gasteiger charge is -2.31. The lowest BCUT2D eigenvalue weighted by atomic mass is 10.1. The van der Waals surface area contributed by atoms with E-state index in [-0.39, 0.29) is 31.3 Å². The summed E-state index contributed by atoms with van der Waals surface area (Å²) in [5, 5.41) is 2.46. The normalized spacial score (nSPS) is 14.4. The van der Waals surface area contributed by atoms with Gasteiger partial charge in [0, 0.05) is 38.1 Å². The molecule has 0 saturated heterocycles. The standard InChI is InChI=1S/C26H20Cl6N2O2.ClH/c27-18-4-1-16(2-5-18)25(36-14-17-3-6-19(28)11-22(17)30)26(32)34-10-9-33(15-34)13-24(35)21-8-7-20(29)12-23(21)31;/h1-12,25-26H,13-15H2;1H. The van der Waals surface area contributed by atoms with Crippen LogP contribution in [0.3, 0.4) is 0 Å². The Morgan fingerprint density at radius 3 is 2.11 bits per heavy atom. The Balaban J connectivity index is 0.00000380. The number of alkyl halides is 1. The number of halogens is 7. The Bertz CT molecular complexity index is 1270. The number of nitrogens with zero attached hydrogens (tertiary/aromatic N) is 2. The molecule has 1 heterocycles. The van der Waals surface area contributed by atoms with Gasteiger partial charge in [0.1, 0.15) is 11.6 Å². The highest BCUT2D eigenvalue weighted by molar-refractivity contribution is 6.37. The van der Waals surface area contributed by atoms with Crippen molar-refractivity contribution in [3.05, 3.63) is 115 Å². The third-order valence-electron chi connectivity index (χ3n) is 5.59. The van der Waals surface area contributed by atoms with Crippen molar-refractivity contribution in [2.75, 3.05) is 13.2 Å². The molecule has 37 heavy (non-hydrogen) atoms. The fraction of sp³-hybridized carbons (Fsp3) is 0.192. The Hall–Kier alpha value is -1.34. The quantitative estimate of drug-likeness (QED) is 0.133. The summed E-state index contributed by atoms with van der Waals surface area (Å²) in [5.41, 5.74) is 1.46. The number of rotatable bonds is 9. The second kappa shape index (κ2) is 13.6. The first-order chi connectivity index (χ1) is 17.2. The van der Waals surface area contributed by atoms with E-state index in [0.717, 1.165) is 11.1 Å². The summed E-state index contributed by atoms with van der Waals surface area (Å²) < 4.78 is 6.27. The number of ketones is 1. The average Bonchev–Trinajstić information content (AvgIpc) is 3.29. The molecular weight excluding hydrogens is 620 g/mol. The van der Waals surface area contributed by atoms with Gasteiger partial charge in [-0.25, -0.2) is 0 Å². The first-order valence-electron chi connectivity index (χ1n) is 10.8. The molecule has 0 bridgehead atoms. The van der Waals surface area contributed by atoms with Gasteiger partial charge in [0.2, 0.25) is 0 Å². The molecule has 2 unspecified atom stereocenters. The summed E-state index contributed by atoms with van der Waals surface area (Å²) in [5.74, 6) is -0.128. The van der Waals surface area contributed by atoms with E-state index in [4.69, 9.17) is 74.3 Å². The molecule has 11 heteroatoms. The molecule has 0 amide bonds. The van der Waals surface area contributed by atoms with Crippen LogP contribution in [0.5, 0.6) is 0 Å². The zero-order valence-electron chi connectivity index (χ0n) is 19.1. The van der Waals surface area contributed by atoms with E-state index < -0.39 is 11.6 Å². The lowest BCUT2D eigenvalue weighted by molar-refractivity contribution is 0.00699. The highest BCUT2D eigenvalue weighted by Crippen LogP contribution is 2.33. The maximum absolute atomic E-state index is 12.8. The number of benzene rings is 3. The van der Waals surface area contributed by atoms with E-state index in [0.29, 0.717) is 37.3 Å². The topological polar surface area (TPSA) is 32.8 Å². The van der Waals surface area contributed by atoms with E-state index in [2.05, 4.69) is 0 Å². The third-order valence-corrected chi connectivity index (χ3v) is 7.46. The van der Waals surface area contributed by atoms with Crippen LogP contribution in [0.25, 0.3) is 0 Å². The molecule has 0 spiro atoms. The van der Waals surface area contributed by atoms with E-state index in [1.54, 1.807) is 42.5 Å². The molecule has 4 rings (SSSR count). The summed E-state index contributed by atoms with van der Waals surface area (Å²) in [6, 6.07) is 17.4. The number of Topliss-reactive ketones (excluding diaryl/α,β-unsaturated/α-hetero) is 1. The van der Waals surface area contributed by atoms with Crippen LogP contribution in [-0.4, -0.2) is 34.3 Å². The number of carbonyl (C=O) groups is 1. The van der Waals surface area contributed by atoms with Crippen molar-refractivity contribution in [1.29, 1.82) is 0 Å². The molecular formula is C26H21Cl7N2O2. The van der Waals surface area contributed by atoms with Crippen molar-refractivity contribution in [2.45, 2.75) is 18.2 Å². The molecule has 4 nitrogen and oxygen atoms in total. The molecule has 3 aromatic carbocycles. The van der Waals surface area contributed by atoms with Gasteiger partial charge >= 0.3 is 0 Å². The summed E-state index contributed by atoms with van der Waals surface area (Å²) in [6.07, 6.45) is 3.11. The summed E-state index contributed by atoms with van der Waals surface area (Å²) in [6.45, 7) is 0.742. The van der Waals surface area contributed by atoms with Gasteiger partial charge in [-0.1, -0.05) is 87.8 Å². The van der Waals surface area contributed by atoms with Crippen molar-refractivity contribution in [1.82, 2.24) is 9.80 Å². The number of carbonyl (C=O) groups excluding carboxylic acids is 1. The van der Waals surface area contributed by atoms with Crippen molar-refractivity contribution in [3.63, 3.8) is 0 Å². The summed E-state index contributed by atoms with van der Waals surface area (Å²) >= 11 is 37.5. The lowest BCUT2D eigenvalue weighted by Crippen LogP contribution is -2.37. The van der Waals surface area contributed by atoms with Crippen LogP contribution in [0.1, 0.15) is 27.6 Å². The van der Waals surface area contributed by atoms with Crippen LogP contribution in [0.15, 0.2) is 73.1 Å². The predicted molar refractivity (Wildman–Crippen MR) is 156 cm³/mol. The Labute approximate surface area is 252 Å². The predicted octanol–water partition coefficient (Wildman–Crippen LogP) is 9.13. The van der Waals surface area contributed by atoms with E-state index in [9.17, 15) is 4.79 Å². The minimum atomic E-state index is -0.590. The molecule has 3 aromatic rings. The fourth-order valence-corrected chi connectivity index (χ4v) is 5.16. The molecule has 0 fully saturated rings. The average molecular weight is 642 g/mol. The number of ether oxygens (including phenoxy) is 1. The van der Waals surface area contributed by atoms with Crippen LogP contribution >= 0.6 is 82.0 Å². The van der Waals surface area contributed by atoms with Gasteiger partial charge in [0.25, 0.3) is 0 Å². The Kier molecular flexibility index (Phi) is 11.1. The highest BCUT2D eigenvalue weighted by Gasteiger charge is 2.30. The van der Waals surface area contributed by atoms with Gasteiger partial charge < -0.3 is 14.5 Å². The van der Waals surface area contributed by atoms with Gasteiger partial charge in [-0.05, 0) is 53.6 Å². The number of hydrogen-bond acceptors (Lipinski definition) is 4. The summed E-state index contributed by atoms with van der Waals surface area (Å²) in [4.78, 5) is 16.5. The molecule has 0 saturated carbocycles. The molecule has 0 aromatic heterocycles. The smallest absolute Gasteiger partial charge is 0.183 e. The maximum atomic E-state index is 12.8. The van der Waals surface area contributed by atoms with Crippen LogP contribution in [-0.2, 0) is 11.3 Å². The molecule has 2 atom stereocenters. The minimum absolute atomic E-state index is 0. The van der Waals surface area contributed by atoms with E-state index in [1.165, 1.54) is 0 Å². The fourth-order valence-electron chi connectivity index (χ4n) is 3.71. The first kappa shape index (κ1) is 30.2.